The Balaban J connectivity index is 2.42. The van der Waals surface area contributed by atoms with Gasteiger partial charge in [0.2, 0.25) is 0 Å². The first-order chi connectivity index (χ1) is 8.52. The van der Waals surface area contributed by atoms with E-state index in [1.54, 1.807) is 6.92 Å². The third-order valence-corrected chi connectivity index (χ3v) is 5.47. The van der Waals surface area contributed by atoms with Crippen molar-refractivity contribution >= 4 is 10.0 Å². The largest absolute Gasteiger partial charge is 0.392 e. The van der Waals surface area contributed by atoms with Crippen LogP contribution in [0.1, 0.15) is 37.4 Å². The molecule has 0 amide bonds. The number of nitrogens with one attached hydrogen (secondary N) is 1. The van der Waals surface area contributed by atoms with Crippen LogP contribution in [0.25, 0.3) is 0 Å². The third-order valence-electron chi connectivity index (χ3n) is 3.54. The van der Waals surface area contributed by atoms with Crippen molar-refractivity contribution in [1.29, 1.82) is 0 Å². The zero-order chi connectivity index (χ0) is 13.3. The molecule has 0 aromatic carbocycles. The van der Waals surface area contributed by atoms with E-state index in [0.717, 1.165) is 19.3 Å². The van der Waals surface area contributed by atoms with Gasteiger partial charge in [0.1, 0.15) is 0 Å². The van der Waals surface area contributed by atoms with Gasteiger partial charge in [-0.25, -0.2) is 8.42 Å². The molecule has 102 valence electrons. The van der Waals surface area contributed by atoms with Crippen molar-refractivity contribution in [3.8, 4) is 0 Å². The zero-order valence-electron chi connectivity index (χ0n) is 10.7. The van der Waals surface area contributed by atoms with Gasteiger partial charge in [-0.15, -0.1) is 0 Å². The van der Waals surface area contributed by atoms with Crippen LogP contribution in [-0.2, 0) is 16.6 Å². The predicted octanol–water partition coefficient (Wildman–Crippen LogP) is 0.774. The lowest BCUT2D eigenvalue weighted by Crippen LogP contribution is -2.35. The summed E-state index contributed by atoms with van der Waals surface area (Å²) >= 11 is 0. The second kappa shape index (κ2) is 4.99. The molecule has 18 heavy (non-hydrogen) atoms. The van der Waals surface area contributed by atoms with E-state index in [0.29, 0.717) is 17.8 Å². The van der Waals surface area contributed by atoms with Gasteiger partial charge in [-0.2, -0.15) is 9.40 Å². The fraction of sp³-hybridized carbons (Fsp3) is 0.727. The Bertz CT molecular complexity index is 524. The Morgan fingerprint density at radius 1 is 1.56 bits per heavy atom. The summed E-state index contributed by atoms with van der Waals surface area (Å²) in [7, 11) is -3.59. The van der Waals surface area contributed by atoms with E-state index in [-0.39, 0.29) is 17.7 Å². The minimum atomic E-state index is -3.59. The van der Waals surface area contributed by atoms with Gasteiger partial charge in [-0.1, -0.05) is 6.92 Å². The van der Waals surface area contributed by atoms with Gasteiger partial charge in [0, 0.05) is 23.8 Å². The van der Waals surface area contributed by atoms with Crippen molar-refractivity contribution in [3.63, 3.8) is 0 Å². The van der Waals surface area contributed by atoms with Gasteiger partial charge in [0.25, 0.3) is 10.0 Å². The number of aromatic amines is 1. The first-order valence-electron chi connectivity index (χ1n) is 6.19. The van der Waals surface area contributed by atoms with Crippen LogP contribution < -0.4 is 0 Å². The molecule has 0 aliphatic carbocycles. The normalized spacial score (nSPS) is 21.6. The summed E-state index contributed by atoms with van der Waals surface area (Å²) in [5.74, 6) is 0. The molecule has 0 bridgehead atoms. The van der Waals surface area contributed by atoms with Gasteiger partial charge < -0.3 is 5.11 Å². The molecular weight excluding hydrogens is 254 g/mol. The van der Waals surface area contributed by atoms with Gasteiger partial charge >= 0.3 is 0 Å². The van der Waals surface area contributed by atoms with E-state index < -0.39 is 10.0 Å². The van der Waals surface area contributed by atoms with Crippen LogP contribution >= 0.6 is 0 Å². The number of nitrogens with zero attached hydrogens (tertiary/aromatic N) is 2. The topological polar surface area (TPSA) is 86.3 Å². The molecule has 1 unspecified atom stereocenters. The highest BCUT2D eigenvalue weighted by Crippen LogP contribution is 2.29. The van der Waals surface area contributed by atoms with E-state index in [1.165, 1.54) is 4.31 Å². The number of aliphatic hydroxyl groups is 1. The van der Waals surface area contributed by atoms with E-state index in [1.807, 2.05) is 6.92 Å². The number of aliphatic hydroxyl groups excluding tert-OH is 1. The number of aryl methyl sites for hydroxylation is 1. The minimum Gasteiger partial charge on any atom is -0.392 e. The molecule has 7 heteroatoms. The molecule has 1 aromatic heterocycles. The van der Waals surface area contributed by atoms with E-state index in [4.69, 9.17) is 0 Å². The van der Waals surface area contributed by atoms with Gasteiger partial charge in [0.05, 0.1) is 6.61 Å². The fourth-order valence-electron chi connectivity index (χ4n) is 2.47. The molecule has 1 aliphatic heterocycles. The average Bonchev–Trinajstić information content (AvgIpc) is 2.94. The van der Waals surface area contributed by atoms with Crippen LogP contribution in [0.15, 0.2) is 5.03 Å². The molecule has 6 nitrogen and oxygen atoms in total. The first-order valence-corrected chi connectivity index (χ1v) is 7.63. The van der Waals surface area contributed by atoms with Crippen molar-refractivity contribution in [2.24, 2.45) is 0 Å². The molecule has 1 atom stereocenters. The van der Waals surface area contributed by atoms with Crippen LogP contribution in [0.5, 0.6) is 0 Å². The van der Waals surface area contributed by atoms with Crippen molar-refractivity contribution < 1.29 is 13.5 Å². The molecule has 0 radical (unpaired) electrons. The van der Waals surface area contributed by atoms with Crippen LogP contribution in [-0.4, -0.2) is 40.6 Å². The molecule has 0 spiro atoms. The standard InChI is InChI=1S/C11H19N3O3S/c1-3-9-5-4-6-14(9)18(16,17)11-10(7-15)8(2)12-13-11/h9,15H,3-7H2,1-2H3,(H,12,13). The van der Waals surface area contributed by atoms with E-state index in [9.17, 15) is 13.5 Å². The molecule has 1 aromatic rings. The van der Waals surface area contributed by atoms with Crippen molar-refractivity contribution in [3.05, 3.63) is 11.3 Å². The molecule has 0 saturated carbocycles. The molecule has 2 N–H and O–H groups in total. The Kier molecular flexibility index (Phi) is 3.74. The average molecular weight is 273 g/mol. The Hall–Kier alpha value is -0.920. The second-order valence-corrected chi connectivity index (χ2v) is 6.42. The number of aromatic nitrogens is 2. The summed E-state index contributed by atoms with van der Waals surface area (Å²) < 4.78 is 26.6. The summed E-state index contributed by atoms with van der Waals surface area (Å²) in [6.07, 6.45) is 2.58. The smallest absolute Gasteiger partial charge is 0.263 e. The molecule has 1 saturated heterocycles. The highest BCUT2D eigenvalue weighted by Gasteiger charge is 2.37. The summed E-state index contributed by atoms with van der Waals surface area (Å²) in [6.45, 7) is 3.92. The maximum atomic E-state index is 12.5. The van der Waals surface area contributed by atoms with Gasteiger partial charge in [-0.3, -0.25) is 5.10 Å². The quantitative estimate of drug-likeness (QED) is 0.848. The summed E-state index contributed by atoms with van der Waals surface area (Å²) in [5, 5.41) is 15.7. The van der Waals surface area contributed by atoms with Gasteiger partial charge in [-0.05, 0) is 26.2 Å². The SMILES string of the molecule is CCC1CCCN1S(=O)(=O)c1n[nH]c(C)c1CO. The fourth-order valence-corrected chi connectivity index (χ4v) is 4.40. The lowest BCUT2D eigenvalue weighted by atomic mass is 10.2. The zero-order valence-corrected chi connectivity index (χ0v) is 11.5. The lowest BCUT2D eigenvalue weighted by Gasteiger charge is -2.22. The minimum absolute atomic E-state index is 0.0251. The van der Waals surface area contributed by atoms with Crippen LogP contribution in [0, 0.1) is 6.92 Å². The molecular formula is C11H19N3O3S. The van der Waals surface area contributed by atoms with Crippen LogP contribution in [0.3, 0.4) is 0 Å². The number of hydrogen-bond acceptors (Lipinski definition) is 4. The third kappa shape index (κ3) is 2.06. The summed E-state index contributed by atoms with van der Waals surface area (Å²) in [5.41, 5.74) is 0.972. The lowest BCUT2D eigenvalue weighted by molar-refractivity contribution is 0.277. The second-order valence-electron chi connectivity index (χ2n) is 4.61. The number of H-pyrrole nitrogens is 1. The van der Waals surface area contributed by atoms with Crippen LogP contribution in [0.2, 0.25) is 0 Å². The Labute approximate surface area is 107 Å². The predicted molar refractivity (Wildman–Crippen MR) is 66.5 cm³/mol. The molecule has 2 heterocycles. The maximum Gasteiger partial charge on any atom is 0.263 e. The molecule has 1 aliphatic rings. The molecule has 1 fully saturated rings. The summed E-state index contributed by atoms with van der Waals surface area (Å²) in [6, 6.07) is 0.0542. The molecule has 2 rings (SSSR count). The maximum absolute atomic E-state index is 12.5. The number of rotatable bonds is 4. The first kappa shape index (κ1) is 13.5. The van der Waals surface area contributed by atoms with E-state index >= 15 is 0 Å². The van der Waals surface area contributed by atoms with E-state index in [2.05, 4.69) is 10.2 Å². The Morgan fingerprint density at radius 3 is 2.89 bits per heavy atom. The van der Waals surface area contributed by atoms with Crippen molar-refractivity contribution in [2.45, 2.75) is 50.8 Å². The van der Waals surface area contributed by atoms with Crippen LogP contribution in [0.4, 0.5) is 0 Å². The number of sulfonamides is 1. The van der Waals surface area contributed by atoms with Crippen molar-refractivity contribution in [2.75, 3.05) is 6.54 Å². The monoisotopic (exact) mass is 273 g/mol. The van der Waals surface area contributed by atoms with Crippen molar-refractivity contribution in [1.82, 2.24) is 14.5 Å². The Morgan fingerprint density at radius 2 is 2.28 bits per heavy atom. The number of hydrogen-bond donors (Lipinski definition) is 2. The highest BCUT2D eigenvalue weighted by molar-refractivity contribution is 7.89. The highest BCUT2D eigenvalue weighted by atomic mass is 32.2. The summed E-state index contributed by atoms with van der Waals surface area (Å²) in [4.78, 5) is 0. The van der Waals surface area contributed by atoms with Gasteiger partial charge in [0.15, 0.2) is 5.03 Å².